The molecule has 0 spiro atoms. The van der Waals surface area contributed by atoms with E-state index in [1.54, 1.807) is 0 Å². The summed E-state index contributed by atoms with van der Waals surface area (Å²) in [5.74, 6) is 8.59. The molecule has 0 aromatic heterocycles. The molecule has 99 heavy (non-hydrogen) atoms. The second-order valence-electron chi connectivity index (χ2n) is 41.0. The van der Waals surface area contributed by atoms with Crippen LogP contribution in [0.4, 0.5) is 0 Å². The van der Waals surface area contributed by atoms with Gasteiger partial charge in [0.25, 0.3) is 0 Å². The third-order valence-electron chi connectivity index (χ3n) is 20.3. The highest BCUT2D eigenvalue weighted by Gasteiger charge is 2.34. The van der Waals surface area contributed by atoms with Crippen molar-refractivity contribution in [1.29, 1.82) is 0 Å². The van der Waals surface area contributed by atoms with Crippen molar-refractivity contribution in [2.24, 2.45) is 70.5 Å². The van der Waals surface area contributed by atoms with Crippen molar-refractivity contribution in [2.45, 2.75) is 472 Å². The Kier molecular flexibility index (Phi) is 46.7. The lowest BCUT2D eigenvalue weighted by Crippen LogP contribution is -2.37. The predicted octanol–water partition coefficient (Wildman–Crippen LogP) is 26.2. The molecule has 8 aliphatic rings. The molecule has 0 saturated heterocycles. The number of hydrogen-bond donors (Lipinski definition) is 1. The monoisotopic (exact) mass is 1410 g/mol. The Morgan fingerprint density at radius 3 is 0.889 bits per heavy atom. The fraction of sp³-hybridized carbons (Fsp3) is 0.989. The first kappa shape index (κ1) is 98.2. The molecule has 0 aliphatic heterocycles. The zero-order chi connectivity index (χ0) is 75.1. The first-order valence-electron chi connectivity index (χ1n) is 41.2. The van der Waals surface area contributed by atoms with Crippen LogP contribution >= 0.6 is 0 Å². The lowest BCUT2D eigenvalue weighted by Gasteiger charge is -2.38. The van der Waals surface area contributed by atoms with Crippen molar-refractivity contribution in [3.8, 4) is 0 Å². The number of carbonyl (C=O) groups is 1. The van der Waals surface area contributed by atoms with E-state index in [1.807, 2.05) is 20.8 Å². The van der Waals surface area contributed by atoms with Gasteiger partial charge in [0.2, 0.25) is 0 Å². The van der Waals surface area contributed by atoms with E-state index in [2.05, 4.69) is 194 Å². The molecule has 8 saturated carbocycles. The molecule has 0 unspecified atom stereocenters. The minimum absolute atomic E-state index is 0. The van der Waals surface area contributed by atoms with Crippen LogP contribution in [0.25, 0.3) is 0 Å². The molecule has 8 fully saturated rings. The van der Waals surface area contributed by atoms with E-state index in [9.17, 15) is 4.79 Å². The Morgan fingerprint density at radius 1 is 0.303 bits per heavy atom. The molecule has 8 aliphatic carbocycles. The number of carboxylic acids is 1. The fourth-order valence-electron chi connectivity index (χ4n) is 14.3. The largest absolute Gasteiger partial charge is 0.481 e. The summed E-state index contributed by atoms with van der Waals surface area (Å²) in [6.45, 7) is 71.1. The SMILES string of the molecule is C.CC(C)(C)OCC1CC(CC(=O)O)C1.CC1CC(COC(C)(C)C)C1.CC1CC(OC(C)(C)C)C1.CC1CCC(COC(C)(C)C)CC1.CC1CCC(OC(C)(C)C)CC1.CCC1CC(OC(C)(C)C)C1.CCC1CCC(OC(C)(C)C)CC1.CCC1CCC(OCC(C)(C)C)CC1. The number of ether oxygens (including phenoxy) is 8. The maximum Gasteiger partial charge on any atom is 0.303 e. The molecule has 594 valence electrons. The van der Waals surface area contributed by atoms with Crippen molar-refractivity contribution in [3.63, 3.8) is 0 Å². The van der Waals surface area contributed by atoms with Crippen LogP contribution in [0.15, 0.2) is 0 Å². The summed E-state index contributed by atoms with van der Waals surface area (Å²) in [7, 11) is 0. The first-order valence-corrected chi connectivity index (χ1v) is 41.2. The molecular weight excluding hydrogens is 1230 g/mol. The van der Waals surface area contributed by atoms with Crippen LogP contribution in [0.3, 0.4) is 0 Å². The average molecular weight is 1410 g/mol. The Labute approximate surface area is 619 Å². The smallest absolute Gasteiger partial charge is 0.303 e. The van der Waals surface area contributed by atoms with E-state index in [0.717, 1.165) is 92.5 Å². The van der Waals surface area contributed by atoms with Gasteiger partial charge in [0.1, 0.15) is 0 Å². The lowest BCUT2D eigenvalue weighted by molar-refractivity contribution is -0.139. The summed E-state index contributed by atoms with van der Waals surface area (Å²) in [4.78, 5) is 10.4. The molecular formula is C89H178O10. The number of rotatable bonds is 17. The molecule has 10 heteroatoms. The Hall–Kier alpha value is -0.850. The third-order valence-corrected chi connectivity index (χ3v) is 20.3. The van der Waals surface area contributed by atoms with Gasteiger partial charge in [0.15, 0.2) is 0 Å². The molecule has 0 atom stereocenters. The van der Waals surface area contributed by atoms with Crippen molar-refractivity contribution >= 4 is 5.97 Å². The van der Waals surface area contributed by atoms with E-state index < -0.39 is 5.97 Å². The molecule has 10 nitrogen and oxygen atoms in total. The number of carboxylic acid groups (broad SMARTS) is 1. The zero-order valence-electron chi connectivity index (χ0n) is 71.5. The fourth-order valence-corrected chi connectivity index (χ4v) is 14.3. The van der Waals surface area contributed by atoms with Crippen LogP contribution in [0, 0.1) is 70.5 Å². The second kappa shape index (κ2) is 47.1. The van der Waals surface area contributed by atoms with Crippen LogP contribution in [0.2, 0.25) is 0 Å². The molecule has 0 heterocycles. The Balaban J connectivity index is 0.00000111. The minimum Gasteiger partial charge on any atom is -0.481 e. The van der Waals surface area contributed by atoms with Gasteiger partial charge in [-0.1, -0.05) is 109 Å². The molecule has 0 bridgehead atoms. The van der Waals surface area contributed by atoms with Crippen molar-refractivity contribution in [3.05, 3.63) is 0 Å². The Bertz CT molecular complexity index is 1940. The molecule has 1 N–H and O–H groups in total. The Morgan fingerprint density at radius 2 is 0.586 bits per heavy atom. The van der Waals surface area contributed by atoms with Crippen molar-refractivity contribution < 1.29 is 47.8 Å². The highest BCUT2D eigenvalue weighted by atomic mass is 16.5. The summed E-state index contributed by atoms with van der Waals surface area (Å²) >= 11 is 0. The zero-order valence-corrected chi connectivity index (χ0v) is 71.5. The summed E-state index contributed by atoms with van der Waals surface area (Å²) < 4.78 is 46.5. The number of hydrogen-bond acceptors (Lipinski definition) is 9. The maximum absolute atomic E-state index is 10.4. The molecule has 0 aromatic carbocycles. The first-order chi connectivity index (χ1) is 44.8. The molecule has 0 aromatic rings. The van der Waals surface area contributed by atoms with E-state index in [0.29, 0.717) is 54.2 Å². The van der Waals surface area contributed by atoms with Gasteiger partial charge in [-0.25, -0.2) is 0 Å². The topological polar surface area (TPSA) is 111 Å². The van der Waals surface area contributed by atoms with Crippen molar-refractivity contribution in [2.75, 3.05) is 26.4 Å². The summed E-state index contributed by atoms with van der Waals surface area (Å²) in [5, 5.41) is 8.56. The van der Waals surface area contributed by atoms with Gasteiger partial charge in [-0.2, -0.15) is 0 Å². The quantitative estimate of drug-likeness (QED) is 0.151. The van der Waals surface area contributed by atoms with Gasteiger partial charge in [-0.3, -0.25) is 4.79 Å². The second-order valence-corrected chi connectivity index (χ2v) is 41.0. The summed E-state index contributed by atoms with van der Waals surface area (Å²) in [6.07, 6.45) is 38.3. The average Bonchev–Trinajstić information content (AvgIpc) is 0.876. The maximum atomic E-state index is 10.4. The van der Waals surface area contributed by atoms with Gasteiger partial charge in [0, 0.05) is 6.42 Å². The lowest BCUT2D eigenvalue weighted by atomic mass is 9.74. The van der Waals surface area contributed by atoms with Crippen LogP contribution in [-0.2, 0) is 42.7 Å². The van der Waals surface area contributed by atoms with Gasteiger partial charge < -0.3 is 43.0 Å². The third kappa shape index (κ3) is 56.2. The van der Waals surface area contributed by atoms with E-state index >= 15 is 0 Å². The number of aliphatic carboxylic acids is 1. The normalized spacial score (nSPS) is 30.3. The van der Waals surface area contributed by atoms with E-state index in [1.165, 1.54) is 161 Å². The highest BCUT2D eigenvalue weighted by molar-refractivity contribution is 5.67. The standard InChI is InChI=1S/C13H26O.2C12H24O.C11H20O3.C11H22O.2C10H20O.C9H18O.CH4/c1-5-11-6-8-12(9-7-11)14-10-13(2,3)4;1-10-5-7-11(8-6-10)9-13-12(2,3)4;1-5-10-6-8-11(9-7-10)13-12(2,3)4;1-11(2,3)14-7-9-4-8(5-9)6-10(12)13;1-9-5-7-10(8-6-9)12-11(2,3)4;1-8-5-9(6-8)7-11-10(2,3)4;1-5-8-6-9(7-8)11-10(2,3)4;1-7-5-8(6-7)10-9(2,3)4;/h11-12H,5-10H2,1-4H3;2*10-11H,5-9H2,1-4H3;8-9H,4-7H2,1-3H3,(H,12,13);9-10H,5-8H2,1-4H3;2*8-9H,5-7H2,1-4H3;7-8H,5-6H2,1-4H3;1H4. The van der Waals surface area contributed by atoms with Gasteiger partial charge in [-0.05, 0) is 357 Å². The summed E-state index contributed by atoms with van der Waals surface area (Å²) in [5.41, 5.74) is 0.560. The van der Waals surface area contributed by atoms with Crippen LogP contribution in [0.5, 0.6) is 0 Å². The van der Waals surface area contributed by atoms with Crippen LogP contribution in [-0.4, -0.2) is 107 Å². The molecule has 0 amide bonds. The van der Waals surface area contributed by atoms with Gasteiger partial charge in [-0.15, -0.1) is 0 Å². The minimum atomic E-state index is -0.676. The molecule has 0 radical (unpaired) electrons. The van der Waals surface area contributed by atoms with E-state index in [-0.39, 0.29) is 46.6 Å². The summed E-state index contributed by atoms with van der Waals surface area (Å²) in [6, 6.07) is 0. The van der Waals surface area contributed by atoms with E-state index in [4.69, 9.17) is 43.0 Å². The van der Waals surface area contributed by atoms with Crippen LogP contribution in [0.1, 0.15) is 402 Å². The molecule has 8 rings (SSSR count). The predicted molar refractivity (Wildman–Crippen MR) is 427 cm³/mol. The van der Waals surface area contributed by atoms with Gasteiger partial charge >= 0.3 is 5.97 Å². The highest BCUT2D eigenvalue weighted by Crippen LogP contribution is 2.39. The van der Waals surface area contributed by atoms with Crippen molar-refractivity contribution in [1.82, 2.24) is 0 Å². The van der Waals surface area contributed by atoms with Gasteiger partial charge in [0.05, 0.1) is 96.2 Å². The van der Waals surface area contributed by atoms with Crippen LogP contribution < -0.4 is 0 Å².